The maximum absolute atomic E-state index is 13.1. The summed E-state index contributed by atoms with van der Waals surface area (Å²) in [5, 5.41) is 28.3. The quantitative estimate of drug-likeness (QED) is 0.345. The molecule has 3 aromatic rings. The van der Waals surface area contributed by atoms with Crippen molar-refractivity contribution in [2.75, 3.05) is 18.4 Å². The van der Waals surface area contributed by atoms with Gasteiger partial charge in [-0.15, -0.1) is 5.10 Å². The van der Waals surface area contributed by atoms with Gasteiger partial charge in [0, 0.05) is 30.9 Å². The number of nitrogens with zero attached hydrogens (tertiary/aromatic N) is 5. The zero-order valence-corrected chi connectivity index (χ0v) is 21.7. The van der Waals surface area contributed by atoms with E-state index in [9.17, 15) is 14.3 Å². The zero-order valence-electron chi connectivity index (χ0n) is 21.7. The van der Waals surface area contributed by atoms with Gasteiger partial charge in [0.1, 0.15) is 5.82 Å². The number of nitrogens with one attached hydrogen (secondary N) is 2. The molecule has 0 saturated heterocycles. The third-order valence-corrected chi connectivity index (χ3v) is 6.78. The molecule has 1 saturated carbocycles. The van der Waals surface area contributed by atoms with Crippen LogP contribution >= 0.6 is 0 Å². The molecule has 1 aliphatic carbocycles. The van der Waals surface area contributed by atoms with Gasteiger partial charge < -0.3 is 15.7 Å². The Hall–Kier alpha value is -3.37. The maximum atomic E-state index is 13.1. The highest BCUT2D eigenvalue weighted by atomic mass is 19.1. The molecule has 0 spiro atoms. The van der Waals surface area contributed by atoms with Crippen LogP contribution in [0.2, 0.25) is 0 Å². The third-order valence-electron chi connectivity index (χ3n) is 6.78. The van der Waals surface area contributed by atoms with E-state index in [4.69, 9.17) is 0 Å². The summed E-state index contributed by atoms with van der Waals surface area (Å²) < 4.78 is 14.7. The molecule has 198 valence electrons. The number of aliphatic hydroxyl groups is 1. The number of hydrogen-bond acceptors (Lipinski definition) is 6. The number of carbonyl (C=O) groups is 1. The minimum atomic E-state index is -0.709. The fraction of sp³-hybridized carbons (Fsp3) is 0.481. The van der Waals surface area contributed by atoms with E-state index in [1.54, 1.807) is 11.7 Å². The molecule has 1 aromatic heterocycles. The molecule has 10 heteroatoms. The SMILES string of the molecule is CCc1cc(NC(=O)N[C@H](C)[C@@H](O)CN(CCCc2ccc(F)cc2)C2CC2)cc(-c2nnnn2C)c1. The number of tetrazole rings is 1. The van der Waals surface area contributed by atoms with Crippen LogP contribution in [0.4, 0.5) is 14.9 Å². The average molecular weight is 510 g/mol. The molecule has 2 amide bonds. The highest BCUT2D eigenvalue weighted by Gasteiger charge is 2.31. The first-order chi connectivity index (χ1) is 17.8. The van der Waals surface area contributed by atoms with E-state index in [0.717, 1.165) is 55.3 Å². The van der Waals surface area contributed by atoms with Gasteiger partial charge in [-0.25, -0.2) is 13.9 Å². The van der Waals surface area contributed by atoms with E-state index in [2.05, 4.69) is 31.1 Å². The lowest BCUT2D eigenvalue weighted by Crippen LogP contribution is -2.48. The molecule has 0 unspecified atom stereocenters. The van der Waals surface area contributed by atoms with Crippen molar-refractivity contribution < 1.29 is 14.3 Å². The van der Waals surface area contributed by atoms with Crippen molar-refractivity contribution in [3.63, 3.8) is 0 Å². The summed E-state index contributed by atoms with van der Waals surface area (Å²) in [5.41, 5.74) is 3.60. The minimum Gasteiger partial charge on any atom is -0.390 e. The first-order valence-electron chi connectivity index (χ1n) is 12.9. The molecule has 2 aromatic carbocycles. The van der Waals surface area contributed by atoms with Gasteiger partial charge >= 0.3 is 6.03 Å². The number of carbonyl (C=O) groups excluding carboxylic acids is 1. The highest BCUT2D eigenvalue weighted by molar-refractivity contribution is 5.90. The van der Waals surface area contributed by atoms with Gasteiger partial charge in [-0.2, -0.15) is 0 Å². The number of urea groups is 1. The van der Waals surface area contributed by atoms with Crippen molar-refractivity contribution >= 4 is 11.7 Å². The van der Waals surface area contributed by atoms with Crippen LogP contribution in [0.15, 0.2) is 42.5 Å². The van der Waals surface area contributed by atoms with Crippen LogP contribution < -0.4 is 10.6 Å². The lowest BCUT2D eigenvalue weighted by atomic mass is 10.1. The van der Waals surface area contributed by atoms with Crippen molar-refractivity contribution in [3.8, 4) is 11.4 Å². The summed E-state index contributed by atoms with van der Waals surface area (Å²) in [6, 6.07) is 12.0. The van der Waals surface area contributed by atoms with Crippen LogP contribution in [0.1, 0.15) is 44.2 Å². The molecule has 0 bridgehead atoms. The fourth-order valence-electron chi connectivity index (χ4n) is 4.44. The predicted octanol–water partition coefficient (Wildman–Crippen LogP) is 3.55. The molecule has 0 radical (unpaired) electrons. The number of hydrogen-bond donors (Lipinski definition) is 3. The van der Waals surface area contributed by atoms with Crippen LogP contribution in [0.5, 0.6) is 0 Å². The number of aliphatic hydroxyl groups excluding tert-OH is 1. The lowest BCUT2D eigenvalue weighted by Gasteiger charge is -2.28. The van der Waals surface area contributed by atoms with Crippen molar-refractivity contribution in [2.24, 2.45) is 7.05 Å². The molecule has 37 heavy (non-hydrogen) atoms. The van der Waals surface area contributed by atoms with Gasteiger partial charge in [0.2, 0.25) is 0 Å². The van der Waals surface area contributed by atoms with Crippen molar-refractivity contribution in [1.82, 2.24) is 30.4 Å². The average Bonchev–Trinajstić information content (AvgIpc) is 3.64. The van der Waals surface area contributed by atoms with Crippen LogP contribution in [0.25, 0.3) is 11.4 Å². The number of anilines is 1. The summed E-state index contributed by atoms with van der Waals surface area (Å²) in [6.45, 7) is 5.19. The summed E-state index contributed by atoms with van der Waals surface area (Å²) in [6.07, 6.45) is 4.13. The molecular formula is C27H36FN7O2. The van der Waals surface area contributed by atoms with E-state index in [-0.39, 0.29) is 11.8 Å². The molecule has 2 atom stereocenters. The van der Waals surface area contributed by atoms with E-state index in [1.165, 1.54) is 12.1 Å². The molecule has 0 aliphatic heterocycles. The maximum Gasteiger partial charge on any atom is 0.319 e. The highest BCUT2D eigenvalue weighted by Crippen LogP contribution is 2.27. The van der Waals surface area contributed by atoms with E-state index in [1.807, 2.05) is 44.2 Å². The van der Waals surface area contributed by atoms with Gasteiger partial charge in [-0.1, -0.05) is 19.1 Å². The Kier molecular flexibility index (Phi) is 8.83. The molecule has 1 heterocycles. The summed E-state index contributed by atoms with van der Waals surface area (Å²) >= 11 is 0. The van der Waals surface area contributed by atoms with Gasteiger partial charge in [0.15, 0.2) is 5.82 Å². The van der Waals surface area contributed by atoms with Crippen molar-refractivity contribution in [1.29, 1.82) is 0 Å². The number of amides is 2. The Morgan fingerprint density at radius 1 is 1.22 bits per heavy atom. The topological polar surface area (TPSA) is 108 Å². The van der Waals surface area contributed by atoms with Crippen molar-refractivity contribution in [2.45, 2.75) is 64.1 Å². The Morgan fingerprint density at radius 2 is 1.97 bits per heavy atom. The Bertz CT molecular complexity index is 1180. The van der Waals surface area contributed by atoms with E-state index in [0.29, 0.717) is 24.1 Å². The summed E-state index contributed by atoms with van der Waals surface area (Å²) in [4.78, 5) is 15.1. The first-order valence-corrected chi connectivity index (χ1v) is 12.9. The molecule has 1 fully saturated rings. The Balaban J connectivity index is 1.29. The molecule has 1 aliphatic rings. The number of rotatable bonds is 12. The predicted molar refractivity (Wildman–Crippen MR) is 141 cm³/mol. The van der Waals surface area contributed by atoms with Crippen LogP contribution in [-0.2, 0) is 19.9 Å². The Morgan fingerprint density at radius 3 is 2.62 bits per heavy atom. The number of aryl methyl sites for hydroxylation is 3. The second-order valence-electron chi connectivity index (χ2n) is 9.81. The van der Waals surface area contributed by atoms with Crippen LogP contribution in [0, 0.1) is 5.82 Å². The van der Waals surface area contributed by atoms with Gasteiger partial charge in [0.05, 0.1) is 12.1 Å². The number of benzene rings is 2. The second-order valence-corrected chi connectivity index (χ2v) is 9.81. The molecular weight excluding hydrogens is 473 g/mol. The molecule has 9 nitrogen and oxygen atoms in total. The van der Waals surface area contributed by atoms with Crippen LogP contribution in [-0.4, -0.2) is 67.5 Å². The van der Waals surface area contributed by atoms with Crippen LogP contribution in [0.3, 0.4) is 0 Å². The second kappa shape index (κ2) is 12.2. The first kappa shape index (κ1) is 26.7. The summed E-state index contributed by atoms with van der Waals surface area (Å²) in [5.74, 6) is 0.389. The van der Waals surface area contributed by atoms with Gasteiger partial charge in [0.25, 0.3) is 0 Å². The Labute approximate surface area is 217 Å². The summed E-state index contributed by atoms with van der Waals surface area (Å²) in [7, 11) is 1.77. The smallest absolute Gasteiger partial charge is 0.319 e. The van der Waals surface area contributed by atoms with E-state index < -0.39 is 12.1 Å². The van der Waals surface area contributed by atoms with Gasteiger partial charge in [-0.05, 0) is 97.5 Å². The van der Waals surface area contributed by atoms with Crippen molar-refractivity contribution in [3.05, 3.63) is 59.4 Å². The van der Waals surface area contributed by atoms with E-state index >= 15 is 0 Å². The largest absolute Gasteiger partial charge is 0.390 e. The number of halogens is 1. The minimum absolute atomic E-state index is 0.224. The monoisotopic (exact) mass is 509 g/mol. The van der Waals surface area contributed by atoms with Gasteiger partial charge in [-0.3, -0.25) is 4.90 Å². The fourth-order valence-corrected chi connectivity index (χ4v) is 4.44. The zero-order chi connectivity index (χ0) is 26.4. The number of aromatic nitrogens is 4. The normalized spacial score (nSPS) is 15.0. The molecule has 3 N–H and O–H groups in total. The third kappa shape index (κ3) is 7.56. The molecule has 4 rings (SSSR count). The standard InChI is InChI=1S/C27H36FN7O2/c1-4-19-14-21(26-31-32-33-34(26)3)16-23(15-19)30-27(37)29-18(2)25(36)17-35(24-11-12-24)13-5-6-20-7-9-22(28)10-8-20/h7-10,14-16,18,24-25,36H,4-6,11-13,17H2,1-3H3,(H2,29,30,37)/t18-,25+/m1/s1. The lowest BCUT2D eigenvalue weighted by molar-refractivity contribution is 0.0834.